The first-order valence-corrected chi connectivity index (χ1v) is 7.95. The van der Waals surface area contributed by atoms with Gasteiger partial charge in [-0.05, 0) is 70.1 Å². The molecule has 1 N–H and O–H groups in total. The second-order valence-corrected chi connectivity index (χ2v) is 5.84. The SMILES string of the molecule is C[C@@H](Oc1ccc(Cl)cc1)C(=O)NCCCN1CCCC1. The van der Waals surface area contributed by atoms with Crippen LogP contribution in [0, 0.1) is 0 Å². The van der Waals surface area contributed by atoms with Gasteiger partial charge in [-0.3, -0.25) is 4.79 Å². The molecular formula is C16H23ClN2O2. The zero-order valence-electron chi connectivity index (χ0n) is 12.5. The summed E-state index contributed by atoms with van der Waals surface area (Å²) in [5.74, 6) is 0.575. The number of carbonyl (C=O) groups excluding carboxylic acids is 1. The Morgan fingerprint density at radius 1 is 1.33 bits per heavy atom. The maximum Gasteiger partial charge on any atom is 0.260 e. The number of hydrogen-bond donors (Lipinski definition) is 1. The third-order valence-electron chi connectivity index (χ3n) is 3.64. The molecule has 5 heteroatoms. The van der Waals surface area contributed by atoms with E-state index in [4.69, 9.17) is 16.3 Å². The van der Waals surface area contributed by atoms with Crippen molar-refractivity contribution in [3.8, 4) is 5.75 Å². The Balaban J connectivity index is 1.63. The van der Waals surface area contributed by atoms with Gasteiger partial charge in [0.25, 0.3) is 5.91 Å². The summed E-state index contributed by atoms with van der Waals surface area (Å²) >= 11 is 5.81. The normalized spacial score (nSPS) is 16.7. The van der Waals surface area contributed by atoms with Crippen LogP contribution in [-0.2, 0) is 4.79 Å². The van der Waals surface area contributed by atoms with Gasteiger partial charge in [-0.25, -0.2) is 0 Å². The molecule has 1 aromatic carbocycles. The Bertz CT molecular complexity index is 444. The van der Waals surface area contributed by atoms with Crippen LogP contribution in [0.4, 0.5) is 0 Å². The number of halogens is 1. The molecule has 4 nitrogen and oxygen atoms in total. The second-order valence-electron chi connectivity index (χ2n) is 5.41. The second kappa shape index (κ2) is 8.25. The van der Waals surface area contributed by atoms with Crippen molar-refractivity contribution in [3.05, 3.63) is 29.3 Å². The zero-order valence-corrected chi connectivity index (χ0v) is 13.2. The van der Waals surface area contributed by atoms with Crippen LogP contribution in [0.3, 0.4) is 0 Å². The number of rotatable bonds is 7. The molecular weight excluding hydrogens is 288 g/mol. The molecule has 0 unspecified atom stereocenters. The zero-order chi connectivity index (χ0) is 15.1. The van der Waals surface area contributed by atoms with Crippen LogP contribution in [0.15, 0.2) is 24.3 Å². The van der Waals surface area contributed by atoms with Gasteiger partial charge >= 0.3 is 0 Å². The van der Waals surface area contributed by atoms with E-state index in [1.165, 1.54) is 25.9 Å². The summed E-state index contributed by atoms with van der Waals surface area (Å²) in [4.78, 5) is 14.4. The Hall–Kier alpha value is -1.26. The Kier molecular flexibility index (Phi) is 6.33. The van der Waals surface area contributed by atoms with E-state index in [0.29, 0.717) is 17.3 Å². The first-order chi connectivity index (χ1) is 10.1. The number of benzene rings is 1. The molecule has 2 rings (SSSR count). The van der Waals surface area contributed by atoms with Crippen molar-refractivity contribution in [2.75, 3.05) is 26.2 Å². The van der Waals surface area contributed by atoms with Gasteiger partial charge in [0.15, 0.2) is 6.10 Å². The van der Waals surface area contributed by atoms with Gasteiger partial charge in [-0.2, -0.15) is 0 Å². The van der Waals surface area contributed by atoms with Gasteiger partial charge in [-0.1, -0.05) is 11.6 Å². The minimum atomic E-state index is -0.502. The average molecular weight is 311 g/mol. The summed E-state index contributed by atoms with van der Waals surface area (Å²) in [7, 11) is 0. The molecule has 1 saturated heterocycles. The molecule has 1 atom stereocenters. The van der Waals surface area contributed by atoms with E-state index >= 15 is 0 Å². The largest absolute Gasteiger partial charge is 0.481 e. The predicted octanol–water partition coefficient (Wildman–Crippen LogP) is 2.71. The Labute approximate surface area is 131 Å². The molecule has 1 fully saturated rings. The van der Waals surface area contributed by atoms with E-state index in [0.717, 1.165) is 13.0 Å². The summed E-state index contributed by atoms with van der Waals surface area (Å²) in [6.45, 7) is 5.91. The first kappa shape index (κ1) is 16.1. The number of nitrogens with one attached hydrogen (secondary N) is 1. The molecule has 0 aromatic heterocycles. The molecule has 0 spiro atoms. The fourth-order valence-corrected chi connectivity index (χ4v) is 2.56. The molecule has 0 radical (unpaired) electrons. The van der Waals surface area contributed by atoms with Crippen molar-refractivity contribution < 1.29 is 9.53 Å². The molecule has 1 aromatic rings. The van der Waals surface area contributed by atoms with Crippen molar-refractivity contribution in [2.45, 2.75) is 32.3 Å². The monoisotopic (exact) mass is 310 g/mol. The van der Waals surface area contributed by atoms with Crippen molar-refractivity contribution in [3.63, 3.8) is 0 Å². The van der Waals surface area contributed by atoms with Gasteiger partial charge in [0, 0.05) is 11.6 Å². The number of likely N-dealkylation sites (tertiary alicyclic amines) is 1. The third-order valence-corrected chi connectivity index (χ3v) is 3.90. The molecule has 1 aliphatic rings. The fraction of sp³-hybridized carbons (Fsp3) is 0.562. The lowest BCUT2D eigenvalue weighted by Gasteiger charge is -2.16. The number of carbonyl (C=O) groups is 1. The highest BCUT2D eigenvalue weighted by atomic mass is 35.5. The highest BCUT2D eigenvalue weighted by Crippen LogP contribution is 2.16. The third kappa shape index (κ3) is 5.56. The van der Waals surface area contributed by atoms with Crippen LogP contribution in [0.5, 0.6) is 5.75 Å². The molecule has 0 aliphatic carbocycles. The number of ether oxygens (including phenoxy) is 1. The van der Waals surface area contributed by atoms with Gasteiger partial charge in [0.05, 0.1) is 0 Å². The maximum absolute atomic E-state index is 11.9. The fourth-order valence-electron chi connectivity index (χ4n) is 2.44. The van der Waals surface area contributed by atoms with Crippen LogP contribution in [-0.4, -0.2) is 43.1 Å². The maximum atomic E-state index is 11.9. The van der Waals surface area contributed by atoms with Crippen LogP contribution in [0.1, 0.15) is 26.2 Å². The minimum Gasteiger partial charge on any atom is -0.481 e. The van der Waals surface area contributed by atoms with E-state index in [1.54, 1.807) is 31.2 Å². The molecule has 21 heavy (non-hydrogen) atoms. The van der Waals surface area contributed by atoms with Crippen LogP contribution >= 0.6 is 11.6 Å². The molecule has 116 valence electrons. The number of hydrogen-bond acceptors (Lipinski definition) is 3. The van der Waals surface area contributed by atoms with Gasteiger partial charge in [0.2, 0.25) is 0 Å². The summed E-state index contributed by atoms with van der Waals surface area (Å²) in [6, 6.07) is 7.02. The lowest BCUT2D eigenvalue weighted by Crippen LogP contribution is -2.37. The molecule has 1 heterocycles. The summed E-state index contributed by atoms with van der Waals surface area (Å²) in [6.07, 6.45) is 3.09. The summed E-state index contributed by atoms with van der Waals surface area (Å²) in [5, 5.41) is 3.58. The number of nitrogens with zero attached hydrogens (tertiary/aromatic N) is 1. The highest BCUT2D eigenvalue weighted by Gasteiger charge is 2.15. The first-order valence-electron chi connectivity index (χ1n) is 7.57. The lowest BCUT2D eigenvalue weighted by atomic mass is 10.3. The lowest BCUT2D eigenvalue weighted by molar-refractivity contribution is -0.127. The van der Waals surface area contributed by atoms with E-state index in [9.17, 15) is 4.79 Å². The standard InChI is InChI=1S/C16H23ClN2O2/c1-13(21-15-7-5-14(17)6-8-15)16(20)18-9-4-12-19-10-2-3-11-19/h5-8,13H,2-4,9-12H2,1H3,(H,18,20)/t13-/m1/s1. The van der Waals surface area contributed by atoms with Crippen molar-refractivity contribution >= 4 is 17.5 Å². The predicted molar refractivity (Wildman–Crippen MR) is 84.8 cm³/mol. The van der Waals surface area contributed by atoms with E-state index in [-0.39, 0.29) is 5.91 Å². The Morgan fingerprint density at radius 2 is 2.00 bits per heavy atom. The summed E-state index contributed by atoms with van der Waals surface area (Å²) in [5.41, 5.74) is 0. The van der Waals surface area contributed by atoms with E-state index in [2.05, 4.69) is 10.2 Å². The van der Waals surface area contributed by atoms with Crippen LogP contribution < -0.4 is 10.1 Å². The van der Waals surface area contributed by atoms with Gasteiger partial charge in [0.1, 0.15) is 5.75 Å². The summed E-state index contributed by atoms with van der Waals surface area (Å²) < 4.78 is 5.58. The highest BCUT2D eigenvalue weighted by molar-refractivity contribution is 6.30. The molecule has 1 aliphatic heterocycles. The minimum absolute atomic E-state index is 0.0774. The smallest absolute Gasteiger partial charge is 0.260 e. The van der Waals surface area contributed by atoms with Crippen LogP contribution in [0.2, 0.25) is 5.02 Å². The topological polar surface area (TPSA) is 41.6 Å². The van der Waals surface area contributed by atoms with E-state index in [1.807, 2.05) is 0 Å². The Morgan fingerprint density at radius 3 is 2.67 bits per heavy atom. The van der Waals surface area contributed by atoms with Crippen LogP contribution in [0.25, 0.3) is 0 Å². The van der Waals surface area contributed by atoms with Crippen molar-refractivity contribution in [2.24, 2.45) is 0 Å². The van der Waals surface area contributed by atoms with Gasteiger partial charge < -0.3 is 15.0 Å². The molecule has 0 saturated carbocycles. The number of amides is 1. The van der Waals surface area contributed by atoms with Gasteiger partial charge in [-0.15, -0.1) is 0 Å². The average Bonchev–Trinajstić information content (AvgIpc) is 2.99. The molecule has 0 bridgehead atoms. The molecule has 1 amide bonds. The quantitative estimate of drug-likeness (QED) is 0.787. The van der Waals surface area contributed by atoms with Crippen molar-refractivity contribution in [1.29, 1.82) is 0 Å². The van der Waals surface area contributed by atoms with Crippen molar-refractivity contribution in [1.82, 2.24) is 10.2 Å². The van der Waals surface area contributed by atoms with E-state index < -0.39 is 6.10 Å².